The molecule has 1 aromatic rings. The average Bonchev–Trinajstić information content (AvgIpc) is 3.22. The van der Waals surface area contributed by atoms with Gasteiger partial charge in [-0.15, -0.1) is 0 Å². The maximum atomic E-state index is 14.2. The molecule has 2 atom stereocenters. The molecule has 6 heteroatoms. The number of rotatable bonds is 2. The maximum absolute atomic E-state index is 14.2. The van der Waals surface area contributed by atoms with Crippen molar-refractivity contribution in [3.63, 3.8) is 0 Å². The fraction of sp³-hybridized carbons (Fsp3) is 0.529. The SMILES string of the molecule is O=C(c1cc(N2CCCC2=O)ccc1F)N1C[C@H]2CNC[C@H]2C1. The van der Waals surface area contributed by atoms with Gasteiger partial charge in [0.1, 0.15) is 5.82 Å². The van der Waals surface area contributed by atoms with Gasteiger partial charge in [-0.3, -0.25) is 9.59 Å². The van der Waals surface area contributed by atoms with Crippen molar-refractivity contribution in [2.45, 2.75) is 12.8 Å². The topological polar surface area (TPSA) is 52.7 Å². The summed E-state index contributed by atoms with van der Waals surface area (Å²) in [6, 6.07) is 4.41. The minimum Gasteiger partial charge on any atom is -0.338 e. The zero-order valence-electron chi connectivity index (χ0n) is 12.9. The van der Waals surface area contributed by atoms with Gasteiger partial charge >= 0.3 is 0 Å². The zero-order valence-corrected chi connectivity index (χ0v) is 12.9. The molecule has 0 saturated carbocycles. The van der Waals surface area contributed by atoms with Gasteiger partial charge in [-0.1, -0.05) is 0 Å². The van der Waals surface area contributed by atoms with E-state index >= 15 is 0 Å². The zero-order chi connectivity index (χ0) is 16.0. The fourth-order valence-corrected chi connectivity index (χ4v) is 3.96. The minimum atomic E-state index is -0.513. The predicted molar refractivity (Wildman–Crippen MR) is 83.7 cm³/mol. The quantitative estimate of drug-likeness (QED) is 0.893. The Labute approximate surface area is 134 Å². The van der Waals surface area contributed by atoms with Crippen molar-refractivity contribution < 1.29 is 14.0 Å². The number of benzene rings is 1. The second kappa shape index (κ2) is 5.60. The normalized spacial score (nSPS) is 26.9. The van der Waals surface area contributed by atoms with E-state index in [4.69, 9.17) is 0 Å². The number of fused-ring (bicyclic) bond motifs is 1. The molecule has 3 aliphatic heterocycles. The van der Waals surface area contributed by atoms with Crippen molar-refractivity contribution in [1.82, 2.24) is 10.2 Å². The average molecular weight is 317 g/mol. The number of anilines is 1. The Hall–Kier alpha value is -1.95. The second-order valence-corrected chi connectivity index (χ2v) is 6.70. The molecule has 0 aliphatic carbocycles. The lowest BCUT2D eigenvalue weighted by atomic mass is 10.0. The van der Waals surface area contributed by atoms with Crippen LogP contribution in [0.3, 0.4) is 0 Å². The molecule has 1 N–H and O–H groups in total. The molecule has 1 aromatic carbocycles. The molecule has 122 valence electrons. The Kier molecular flexibility index (Phi) is 3.56. The van der Waals surface area contributed by atoms with E-state index in [2.05, 4.69) is 5.32 Å². The molecule has 2 amide bonds. The van der Waals surface area contributed by atoms with Crippen molar-refractivity contribution in [1.29, 1.82) is 0 Å². The Balaban J connectivity index is 1.58. The van der Waals surface area contributed by atoms with Crippen LogP contribution in [-0.2, 0) is 4.79 Å². The van der Waals surface area contributed by atoms with Crippen LogP contribution in [0.4, 0.5) is 10.1 Å². The highest BCUT2D eigenvalue weighted by atomic mass is 19.1. The third-order valence-corrected chi connectivity index (χ3v) is 5.24. The van der Waals surface area contributed by atoms with Crippen LogP contribution in [0.1, 0.15) is 23.2 Å². The molecule has 0 unspecified atom stereocenters. The highest BCUT2D eigenvalue weighted by Crippen LogP contribution is 2.29. The summed E-state index contributed by atoms with van der Waals surface area (Å²) in [4.78, 5) is 28.0. The van der Waals surface area contributed by atoms with E-state index in [0.717, 1.165) is 19.5 Å². The molecule has 3 aliphatic rings. The van der Waals surface area contributed by atoms with E-state index in [1.165, 1.54) is 12.1 Å². The summed E-state index contributed by atoms with van der Waals surface area (Å²) < 4.78 is 14.2. The number of hydrogen-bond acceptors (Lipinski definition) is 3. The van der Waals surface area contributed by atoms with Crippen LogP contribution in [-0.4, -0.2) is 49.4 Å². The second-order valence-electron chi connectivity index (χ2n) is 6.70. The number of amides is 2. The van der Waals surface area contributed by atoms with E-state index in [0.29, 0.717) is 43.6 Å². The van der Waals surface area contributed by atoms with Crippen LogP contribution in [0.25, 0.3) is 0 Å². The third kappa shape index (κ3) is 2.51. The molecule has 4 rings (SSSR count). The van der Waals surface area contributed by atoms with Crippen molar-refractivity contribution in [3.8, 4) is 0 Å². The largest absolute Gasteiger partial charge is 0.338 e. The minimum absolute atomic E-state index is 0.0387. The van der Waals surface area contributed by atoms with E-state index in [1.807, 2.05) is 0 Å². The Morgan fingerprint density at radius 2 is 1.96 bits per heavy atom. The first-order valence-electron chi connectivity index (χ1n) is 8.23. The van der Waals surface area contributed by atoms with Crippen LogP contribution in [0.15, 0.2) is 18.2 Å². The van der Waals surface area contributed by atoms with Gasteiger partial charge in [-0.25, -0.2) is 4.39 Å². The van der Waals surface area contributed by atoms with Crippen LogP contribution in [0.5, 0.6) is 0 Å². The van der Waals surface area contributed by atoms with Crippen molar-refractivity contribution in [2.75, 3.05) is 37.6 Å². The molecule has 3 heterocycles. The van der Waals surface area contributed by atoms with Gasteiger partial charge in [0.05, 0.1) is 5.56 Å². The standard InChI is InChI=1S/C17H20FN3O2/c18-15-4-3-13(21-5-1-2-16(21)22)6-14(15)17(23)20-9-11-7-19-8-12(11)10-20/h3-4,6,11-12,19H,1-2,5,7-10H2/t11-,12+. The van der Waals surface area contributed by atoms with Crippen molar-refractivity contribution >= 4 is 17.5 Å². The number of nitrogens with zero attached hydrogens (tertiary/aromatic N) is 2. The van der Waals surface area contributed by atoms with E-state index in [-0.39, 0.29) is 17.4 Å². The van der Waals surface area contributed by atoms with E-state index < -0.39 is 5.82 Å². The molecular formula is C17H20FN3O2. The number of nitrogens with one attached hydrogen (secondary N) is 1. The van der Waals surface area contributed by atoms with Gasteiger partial charge in [-0.05, 0) is 36.5 Å². The highest BCUT2D eigenvalue weighted by molar-refractivity contribution is 5.99. The van der Waals surface area contributed by atoms with Crippen LogP contribution in [0.2, 0.25) is 0 Å². The first-order valence-corrected chi connectivity index (χ1v) is 8.23. The Bertz CT molecular complexity index is 651. The van der Waals surface area contributed by atoms with E-state index in [1.54, 1.807) is 15.9 Å². The van der Waals surface area contributed by atoms with Gasteiger partial charge in [-0.2, -0.15) is 0 Å². The molecule has 3 saturated heterocycles. The van der Waals surface area contributed by atoms with Gasteiger partial charge in [0.2, 0.25) is 5.91 Å². The summed E-state index contributed by atoms with van der Waals surface area (Å²) in [7, 11) is 0. The Morgan fingerprint density at radius 3 is 2.61 bits per heavy atom. The van der Waals surface area contributed by atoms with Crippen LogP contribution < -0.4 is 10.2 Å². The highest BCUT2D eigenvalue weighted by Gasteiger charge is 2.39. The lowest BCUT2D eigenvalue weighted by Gasteiger charge is -2.20. The number of hydrogen-bond donors (Lipinski definition) is 1. The van der Waals surface area contributed by atoms with Crippen LogP contribution in [0, 0.1) is 17.7 Å². The first-order chi connectivity index (χ1) is 11.1. The van der Waals surface area contributed by atoms with Gasteiger partial charge < -0.3 is 15.1 Å². The molecule has 0 aromatic heterocycles. The molecule has 5 nitrogen and oxygen atoms in total. The van der Waals surface area contributed by atoms with Gasteiger partial charge in [0, 0.05) is 44.8 Å². The molecule has 3 fully saturated rings. The first kappa shape index (κ1) is 14.6. The smallest absolute Gasteiger partial charge is 0.256 e. The number of halogens is 1. The summed E-state index contributed by atoms with van der Waals surface area (Å²) in [6.45, 7) is 3.86. The van der Waals surface area contributed by atoms with Gasteiger partial charge in [0.25, 0.3) is 5.91 Å². The lowest BCUT2D eigenvalue weighted by Crippen LogP contribution is -2.32. The summed E-state index contributed by atoms with van der Waals surface area (Å²) in [5.41, 5.74) is 0.702. The van der Waals surface area contributed by atoms with Crippen molar-refractivity contribution in [3.05, 3.63) is 29.6 Å². The molecule has 0 bridgehead atoms. The number of carbonyl (C=O) groups excluding carboxylic acids is 2. The van der Waals surface area contributed by atoms with E-state index in [9.17, 15) is 14.0 Å². The molecule has 0 spiro atoms. The lowest BCUT2D eigenvalue weighted by molar-refractivity contribution is -0.117. The Morgan fingerprint density at radius 1 is 1.22 bits per heavy atom. The predicted octanol–water partition coefficient (Wildman–Crippen LogP) is 1.24. The van der Waals surface area contributed by atoms with Gasteiger partial charge in [0.15, 0.2) is 0 Å². The molecular weight excluding hydrogens is 297 g/mol. The number of carbonyl (C=O) groups is 2. The fourth-order valence-electron chi connectivity index (χ4n) is 3.96. The summed E-state index contributed by atoms with van der Waals surface area (Å²) >= 11 is 0. The maximum Gasteiger partial charge on any atom is 0.256 e. The summed E-state index contributed by atoms with van der Waals surface area (Å²) in [5.74, 6) is 0.221. The summed E-state index contributed by atoms with van der Waals surface area (Å²) in [5, 5.41) is 3.33. The third-order valence-electron chi connectivity index (χ3n) is 5.24. The summed E-state index contributed by atoms with van der Waals surface area (Å²) in [6.07, 6.45) is 1.32. The molecule has 23 heavy (non-hydrogen) atoms. The van der Waals surface area contributed by atoms with Crippen LogP contribution >= 0.6 is 0 Å². The van der Waals surface area contributed by atoms with Crippen molar-refractivity contribution in [2.24, 2.45) is 11.8 Å². The monoisotopic (exact) mass is 317 g/mol. The molecule has 0 radical (unpaired) electrons. The number of likely N-dealkylation sites (tertiary alicyclic amines) is 1.